The summed E-state index contributed by atoms with van der Waals surface area (Å²) in [7, 11) is 1.59. The van der Waals surface area contributed by atoms with E-state index < -0.39 is 6.04 Å². The standard InChI is InChI=1S/C24H21ClN2O3/c1-15-8-7-12-19(25)21(15)26-23(28)22-17-10-4-5-11-18(17)24(29)27(22)14-16-9-3-6-13-20(16)30-2/h3-13,22H,14H2,1-2H3,(H,26,28). The topological polar surface area (TPSA) is 58.6 Å². The van der Waals surface area contributed by atoms with Crippen LogP contribution >= 0.6 is 11.6 Å². The van der Waals surface area contributed by atoms with Crippen LogP contribution in [0.3, 0.4) is 0 Å². The third kappa shape index (κ3) is 3.53. The third-order valence-corrected chi connectivity index (χ3v) is 5.62. The highest BCUT2D eigenvalue weighted by molar-refractivity contribution is 6.34. The number of carbonyl (C=O) groups is 2. The summed E-state index contributed by atoms with van der Waals surface area (Å²) in [6.07, 6.45) is 0. The van der Waals surface area contributed by atoms with Crippen LogP contribution < -0.4 is 10.1 Å². The van der Waals surface area contributed by atoms with Crippen LogP contribution in [0, 0.1) is 6.92 Å². The molecule has 0 spiro atoms. The minimum absolute atomic E-state index is 0.187. The molecule has 0 saturated heterocycles. The zero-order chi connectivity index (χ0) is 21.3. The van der Waals surface area contributed by atoms with E-state index in [9.17, 15) is 9.59 Å². The first-order valence-corrected chi connectivity index (χ1v) is 9.97. The Morgan fingerprint density at radius 2 is 1.80 bits per heavy atom. The highest BCUT2D eigenvalue weighted by Gasteiger charge is 2.41. The second-order valence-corrected chi connectivity index (χ2v) is 7.56. The van der Waals surface area contributed by atoms with Crippen molar-refractivity contribution in [1.82, 2.24) is 4.90 Å². The van der Waals surface area contributed by atoms with E-state index in [4.69, 9.17) is 16.3 Å². The van der Waals surface area contributed by atoms with Crippen molar-refractivity contribution in [2.45, 2.75) is 19.5 Å². The predicted molar refractivity (Wildman–Crippen MR) is 117 cm³/mol. The molecule has 4 rings (SSSR count). The lowest BCUT2D eigenvalue weighted by molar-refractivity contribution is -0.120. The fraction of sp³-hybridized carbons (Fsp3) is 0.167. The number of fused-ring (bicyclic) bond motifs is 1. The van der Waals surface area contributed by atoms with Crippen molar-refractivity contribution in [1.29, 1.82) is 0 Å². The molecule has 0 fully saturated rings. The summed E-state index contributed by atoms with van der Waals surface area (Å²) in [6, 6.07) is 19.3. The molecule has 1 unspecified atom stereocenters. The van der Waals surface area contributed by atoms with Gasteiger partial charge in [0.15, 0.2) is 0 Å². The van der Waals surface area contributed by atoms with Crippen LogP contribution in [0.4, 0.5) is 5.69 Å². The Morgan fingerprint density at radius 3 is 2.57 bits per heavy atom. The Hall–Kier alpha value is -3.31. The molecule has 152 valence electrons. The lowest BCUT2D eigenvalue weighted by atomic mass is 10.0. The molecule has 1 aliphatic heterocycles. The van der Waals surface area contributed by atoms with E-state index in [0.29, 0.717) is 27.6 Å². The Morgan fingerprint density at radius 1 is 1.07 bits per heavy atom. The van der Waals surface area contributed by atoms with Gasteiger partial charge in [-0.1, -0.05) is 60.1 Å². The maximum absolute atomic E-state index is 13.4. The van der Waals surface area contributed by atoms with Crippen molar-refractivity contribution in [3.8, 4) is 5.75 Å². The molecule has 1 aliphatic rings. The van der Waals surface area contributed by atoms with Crippen molar-refractivity contribution in [3.05, 3.63) is 94.0 Å². The number of para-hydroxylation sites is 2. The van der Waals surface area contributed by atoms with Gasteiger partial charge >= 0.3 is 0 Å². The molecule has 0 bridgehead atoms. The van der Waals surface area contributed by atoms with E-state index in [-0.39, 0.29) is 18.4 Å². The number of hydrogen-bond donors (Lipinski definition) is 1. The lowest BCUT2D eigenvalue weighted by Crippen LogP contribution is -2.35. The van der Waals surface area contributed by atoms with Gasteiger partial charge in [-0.25, -0.2) is 0 Å². The minimum atomic E-state index is -0.769. The normalized spacial score (nSPS) is 15.1. The van der Waals surface area contributed by atoms with Crippen molar-refractivity contribution >= 4 is 29.1 Å². The minimum Gasteiger partial charge on any atom is -0.496 e. The monoisotopic (exact) mass is 420 g/mol. The summed E-state index contributed by atoms with van der Waals surface area (Å²) >= 11 is 6.30. The molecular weight excluding hydrogens is 400 g/mol. The van der Waals surface area contributed by atoms with Crippen LogP contribution in [0.2, 0.25) is 5.02 Å². The van der Waals surface area contributed by atoms with Crippen molar-refractivity contribution < 1.29 is 14.3 Å². The number of nitrogens with one attached hydrogen (secondary N) is 1. The smallest absolute Gasteiger partial charge is 0.255 e. The average Bonchev–Trinajstić information content (AvgIpc) is 3.03. The number of ether oxygens (including phenoxy) is 1. The van der Waals surface area contributed by atoms with E-state index in [1.807, 2.05) is 55.5 Å². The largest absolute Gasteiger partial charge is 0.496 e. The van der Waals surface area contributed by atoms with Crippen molar-refractivity contribution in [2.75, 3.05) is 12.4 Å². The number of nitrogens with zero attached hydrogens (tertiary/aromatic N) is 1. The van der Waals surface area contributed by atoms with Gasteiger partial charge in [0.05, 0.1) is 24.4 Å². The van der Waals surface area contributed by atoms with Gasteiger partial charge in [0.2, 0.25) is 0 Å². The van der Waals surface area contributed by atoms with Gasteiger partial charge < -0.3 is 15.0 Å². The summed E-state index contributed by atoms with van der Waals surface area (Å²) in [6.45, 7) is 2.12. The SMILES string of the molecule is COc1ccccc1CN1C(=O)c2ccccc2C1C(=O)Nc1c(C)cccc1Cl. The number of benzene rings is 3. The van der Waals surface area contributed by atoms with Gasteiger partial charge in [-0.2, -0.15) is 0 Å². The number of methoxy groups -OCH3 is 1. The molecule has 2 amide bonds. The maximum atomic E-state index is 13.4. The maximum Gasteiger partial charge on any atom is 0.255 e. The molecule has 5 nitrogen and oxygen atoms in total. The zero-order valence-corrected chi connectivity index (χ0v) is 17.4. The van der Waals surface area contributed by atoms with Gasteiger partial charge in [-0.05, 0) is 36.2 Å². The first kappa shape index (κ1) is 20.0. The summed E-state index contributed by atoms with van der Waals surface area (Å²) in [5, 5.41) is 3.39. The Bertz CT molecular complexity index is 1110. The van der Waals surface area contributed by atoms with Crippen LogP contribution in [-0.2, 0) is 11.3 Å². The summed E-state index contributed by atoms with van der Waals surface area (Å²) < 4.78 is 5.43. The fourth-order valence-corrected chi connectivity index (χ4v) is 4.08. The van der Waals surface area contributed by atoms with E-state index in [0.717, 1.165) is 11.1 Å². The number of anilines is 1. The molecule has 1 heterocycles. The molecule has 1 N–H and O–H groups in total. The summed E-state index contributed by atoms with van der Waals surface area (Å²) in [5.74, 6) is 0.175. The van der Waals surface area contributed by atoms with Gasteiger partial charge in [0, 0.05) is 11.1 Å². The van der Waals surface area contributed by atoms with Gasteiger partial charge in [0.1, 0.15) is 11.8 Å². The molecule has 0 radical (unpaired) electrons. The third-order valence-electron chi connectivity index (χ3n) is 5.31. The number of aryl methyl sites for hydroxylation is 1. The van der Waals surface area contributed by atoms with Crippen molar-refractivity contribution in [3.63, 3.8) is 0 Å². The summed E-state index contributed by atoms with van der Waals surface area (Å²) in [5.41, 5.74) is 3.44. The average molecular weight is 421 g/mol. The predicted octanol–water partition coefficient (Wildman–Crippen LogP) is 4.99. The molecule has 3 aromatic rings. The molecule has 0 aromatic heterocycles. The number of halogens is 1. The quantitative estimate of drug-likeness (QED) is 0.632. The zero-order valence-electron chi connectivity index (χ0n) is 16.7. The Balaban J connectivity index is 1.72. The highest BCUT2D eigenvalue weighted by Crippen LogP contribution is 2.37. The Labute approximate surface area is 180 Å². The number of rotatable bonds is 5. The fourth-order valence-electron chi connectivity index (χ4n) is 3.81. The number of hydrogen-bond acceptors (Lipinski definition) is 3. The van der Waals surface area contributed by atoms with E-state index in [2.05, 4.69) is 5.32 Å². The van der Waals surface area contributed by atoms with Crippen LogP contribution in [0.5, 0.6) is 5.75 Å². The van der Waals surface area contributed by atoms with Crippen LogP contribution in [-0.4, -0.2) is 23.8 Å². The van der Waals surface area contributed by atoms with E-state index >= 15 is 0 Å². The van der Waals surface area contributed by atoms with E-state index in [1.54, 1.807) is 30.2 Å². The first-order valence-electron chi connectivity index (χ1n) is 9.59. The Kier molecular flexibility index (Phi) is 5.46. The van der Waals surface area contributed by atoms with Crippen LogP contribution in [0.15, 0.2) is 66.7 Å². The lowest BCUT2D eigenvalue weighted by Gasteiger charge is -2.26. The second kappa shape index (κ2) is 8.20. The molecule has 0 aliphatic carbocycles. The molecule has 0 saturated carbocycles. The molecule has 1 atom stereocenters. The number of carbonyl (C=O) groups excluding carboxylic acids is 2. The first-order chi connectivity index (χ1) is 14.5. The summed E-state index contributed by atoms with van der Waals surface area (Å²) in [4.78, 5) is 28.1. The van der Waals surface area contributed by atoms with Crippen LogP contribution in [0.1, 0.15) is 33.1 Å². The highest BCUT2D eigenvalue weighted by atomic mass is 35.5. The number of amides is 2. The second-order valence-electron chi connectivity index (χ2n) is 7.16. The molecule has 6 heteroatoms. The molecule has 30 heavy (non-hydrogen) atoms. The van der Waals surface area contributed by atoms with Gasteiger partial charge in [-0.15, -0.1) is 0 Å². The molecular formula is C24H21ClN2O3. The van der Waals surface area contributed by atoms with Gasteiger partial charge in [-0.3, -0.25) is 9.59 Å². The van der Waals surface area contributed by atoms with Gasteiger partial charge in [0.25, 0.3) is 11.8 Å². The molecule has 3 aromatic carbocycles. The van der Waals surface area contributed by atoms with E-state index in [1.165, 1.54) is 0 Å². The van der Waals surface area contributed by atoms with Crippen LogP contribution in [0.25, 0.3) is 0 Å². The van der Waals surface area contributed by atoms with Crippen molar-refractivity contribution in [2.24, 2.45) is 0 Å².